The Kier molecular flexibility index (Phi) is 4.89. The summed E-state index contributed by atoms with van der Waals surface area (Å²) in [5.41, 5.74) is 3.21. The van der Waals surface area contributed by atoms with Gasteiger partial charge in [0.05, 0.1) is 18.6 Å². The first-order chi connectivity index (χ1) is 9.47. The van der Waals surface area contributed by atoms with Crippen molar-refractivity contribution in [2.75, 3.05) is 26.2 Å². The Balaban J connectivity index is 1.73. The molecule has 4 nitrogen and oxygen atoms in total. The van der Waals surface area contributed by atoms with E-state index in [1.54, 1.807) is 0 Å². The molecule has 0 aromatic carbocycles. The van der Waals surface area contributed by atoms with Crippen LogP contribution in [0.15, 0.2) is 36.7 Å². The van der Waals surface area contributed by atoms with E-state index < -0.39 is 0 Å². The Hall–Kier alpha value is -1.26. The number of likely N-dealkylation sites (tertiary alicyclic amines) is 1. The zero-order valence-corrected chi connectivity index (χ0v) is 12.8. The molecule has 112 valence electrons. The van der Waals surface area contributed by atoms with Crippen LogP contribution in [-0.4, -0.2) is 49.2 Å². The molecule has 0 amide bonds. The lowest BCUT2D eigenvalue weighted by Crippen LogP contribution is -2.52. The van der Waals surface area contributed by atoms with Crippen LogP contribution in [0.2, 0.25) is 0 Å². The first-order valence-corrected chi connectivity index (χ1v) is 7.47. The summed E-state index contributed by atoms with van der Waals surface area (Å²) < 4.78 is 0. The highest BCUT2D eigenvalue weighted by atomic mass is 15.2. The SMILES string of the molecule is C=C(CNC(=C)C1CN1)NC(CN1CCC1C)C(=C)C. The van der Waals surface area contributed by atoms with E-state index in [0.29, 0.717) is 12.1 Å². The second-order valence-corrected chi connectivity index (χ2v) is 6.12. The van der Waals surface area contributed by atoms with E-state index >= 15 is 0 Å². The molecule has 2 fully saturated rings. The molecule has 2 aliphatic heterocycles. The van der Waals surface area contributed by atoms with Crippen molar-refractivity contribution < 1.29 is 0 Å². The molecule has 0 aromatic heterocycles. The van der Waals surface area contributed by atoms with Crippen molar-refractivity contribution in [3.05, 3.63) is 36.7 Å². The van der Waals surface area contributed by atoms with Gasteiger partial charge < -0.3 is 16.0 Å². The predicted octanol–water partition coefficient (Wildman–Crippen LogP) is 1.20. The second-order valence-electron chi connectivity index (χ2n) is 6.12. The van der Waals surface area contributed by atoms with Crippen LogP contribution in [0.4, 0.5) is 0 Å². The molecule has 3 atom stereocenters. The van der Waals surface area contributed by atoms with Gasteiger partial charge in [0.1, 0.15) is 0 Å². The number of nitrogens with one attached hydrogen (secondary N) is 3. The summed E-state index contributed by atoms with van der Waals surface area (Å²) >= 11 is 0. The third-order valence-corrected chi connectivity index (χ3v) is 4.21. The molecule has 20 heavy (non-hydrogen) atoms. The lowest BCUT2D eigenvalue weighted by atomic mass is 10.0. The summed E-state index contributed by atoms with van der Waals surface area (Å²) in [5, 5.41) is 10.0. The van der Waals surface area contributed by atoms with Crippen LogP contribution in [-0.2, 0) is 0 Å². The molecule has 2 rings (SSSR count). The average molecular weight is 276 g/mol. The standard InChI is InChI=1S/C16H28N4/c1-11(2)16(10-20-7-6-13(20)4)19-12(3)8-17-14(5)15-9-18-15/h13,15-19H,1,3,5-10H2,2,4H3. The Labute approximate surface area is 123 Å². The number of nitrogens with zero attached hydrogens (tertiary/aromatic N) is 1. The lowest BCUT2D eigenvalue weighted by Gasteiger charge is -2.41. The highest BCUT2D eigenvalue weighted by molar-refractivity contribution is 5.15. The van der Waals surface area contributed by atoms with Crippen molar-refractivity contribution in [3.8, 4) is 0 Å². The highest BCUT2D eigenvalue weighted by Gasteiger charge is 2.26. The van der Waals surface area contributed by atoms with Crippen molar-refractivity contribution >= 4 is 0 Å². The molecule has 0 aliphatic carbocycles. The molecule has 0 saturated carbocycles. The molecule has 0 spiro atoms. The van der Waals surface area contributed by atoms with Crippen LogP contribution in [0.5, 0.6) is 0 Å². The Morgan fingerprint density at radius 1 is 1.40 bits per heavy atom. The first-order valence-electron chi connectivity index (χ1n) is 7.47. The van der Waals surface area contributed by atoms with Gasteiger partial charge in [-0.2, -0.15) is 0 Å². The summed E-state index contributed by atoms with van der Waals surface area (Å²) in [6.45, 7) is 20.5. The van der Waals surface area contributed by atoms with Crippen molar-refractivity contribution in [1.29, 1.82) is 0 Å². The normalized spacial score (nSPS) is 26.3. The lowest BCUT2D eigenvalue weighted by molar-refractivity contribution is 0.0973. The minimum Gasteiger partial charge on any atom is -0.382 e. The topological polar surface area (TPSA) is 49.2 Å². The number of hydrogen-bond donors (Lipinski definition) is 3. The van der Waals surface area contributed by atoms with E-state index in [9.17, 15) is 0 Å². The Bertz CT molecular complexity index is 397. The summed E-state index contributed by atoms with van der Waals surface area (Å²) in [7, 11) is 0. The highest BCUT2D eigenvalue weighted by Crippen LogP contribution is 2.18. The van der Waals surface area contributed by atoms with E-state index in [1.807, 2.05) is 0 Å². The van der Waals surface area contributed by atoms with Gasteiger partial charge in [0.15, 0.2) is 0 Å². The third kappa shape index (κ3) is 4.12. The zero-order valence-electron chi connectivity index (χ0n) is 12.8. The molecule has 2 heterocycles. The van der Waals surface area contributed by atoms with Crippen LogP contribution in [0.3, 0.4) is 0 Å². The van der Waals surface area contributed by atoms with E-state index in [4.69, 9.17) is 0 Å². The summed E-state index contributed by atoms with van der Waals surface area (Å²) in [6, 6.07) is 1.42. The number of hydrogen-bond acceptors (Lipinski definition) is 4. The third-order valence-electron chi connectivity index (χ3n) is 4.21. The maximum Gasteiger partial charge on any atom is 0.0593 e. The fraction of sp³-hybridized carbons (Fsp3) is 0.625. The van der Waals surface area contributed by atoms with Crippen LogP contribution >= 0.6 is 0 Å². The maximum absolute atomic E-state index is 4.10. The van der Waals surface area contributed by atoms with Crippen molar-refractivity contribution in [2.45, 2.75) is 38.4 Å². The quantitative estimate of drug-likeness (QED) is 0.437. The van der Waals surface area contributed by atoms with Gasteiger partial charge in [0.2, 0.25) is 0 Å². The van der Waals surface area contributed by atoms with Crippen molar-refractivity contribution in [3.63, 3.8) is 0 Å². The largest absolute Gasteiger partial charge is 0.382 e. The molecule has 2 aliphatic rings. The molecular formula is C16H28N4. The molecule has 3 N–H and O–H groups in total. The monoisotopic (exact) mass is 276 g/mol. The fourth-order valence-corrected chi connectivity index (χ4v) is 2.35. The molecule has 2 saturated heterocycles. The van der Waals surface area contributed by atoms with E-state index in [0.717, 1.165) is 36.6 Å². The van der Waals surface area contributed by atoms with Crippen LogP contribution in [0.1, 0.15) is 20.3 Å². The fourth-order valence-electron chi connectivity index (χ4n) is 2.35. The minimum absolute atomic E-state index is 0.277. The van der Waals surface area contributed by atoms with Gasteiger partial charge in [-0.05, 0) is 26.8 Å². The van der Waals surface area contributed by atoms with Crippen molar-refractivity contribution in [2.24, 2.45) is 0 Å². The molecule has 0 radical (unpaired) electrons. The van der Waals surface area contributed by atoms with Gasteiger partial charge in [0, 0.05) is 30.5 Å². The first kappa shape index (κ1) is 15.1. The molecule has 0 bridgehead atoms. The Morgan fingerprint density at radius 3 is 2.55 bits per heavy atom. The van der Waals surface area contributed by atoms with Gasteiger partial charge in [-0.3, -0.25) is 4.90 Å². The van der Waals surface area contributed by atoms with Crippen LogP contribution < -0.4 is 16.0 Å². The molecular weight excluding hydrogens is 248 g/mol. The molecule has 3 unspecified atom stereocenters. The van der Waals surface area contributed by atoms with E-state index in [1.165, 1.54) is 13.0 Å². The average Bonchev–Trinajstić information content (AvgIpc) is 3.22. The van der Waals surface area contributed by atoms with E-state index in [2.05, 4.69) is 54.4 Å². The number of rotatable bonds is 9. The zero-order chi connectivity index (χ0) is 14.7. The minimum atomic E-state index is 0.277. The smallest absolute Gasteiger partial charge is 0.0593 e. The predicted molar refractivity (Wildman–Crippen MR) is 85.5 cm³/mol. The van der Waals surface area contributed by atoms with Gasteiger partial charge in [-0.15, -0.1) is 0 Å². The van der Waals surface area contributed by atoms with Gasteiger partial charge in [-0.1, -0.05) is 25.3 Å². The Morgan fingerprint density at radius 2 is 2.10 bits per heavy atom. The molecule has 4 heteroatoms. The maximum atomic E-state index is 4.10. The van der Waals surface area contributed by atoms with Crippen LogP contribution in [0, 0.1) is 0 Å². The molecule has 0 aromatic rings. The van der Waals surface area contributed by atoms with E-state index in [-0.39, 0.29) is 6.04 Å². The van der Waals surface area contributed by atoms with Gasteiger partial charge in [0.25, 0.3) is 0 Å². The summed E-state index contributed by atoms with van der Waals surface area (Å²) in [4.78, 5) is 2.49. The van der Waals surface area contributed by atoms with Crippen LogP contribution in [0.25, 0.3) is 0 Å². The summed E-state index contributed by atoms with van der Waals surface area (Å²) in [6.07, 6.45) is 1.31. The van der Waals surface area contributed by atoms with Gasteiger partial charge >= 0.3 is 0 Å². The van der Waals surface area contributed by atoms with Crippen molar-refractivity contribution in [1.82, 2.24) is 20.9 Å². The summed E-state index contributed by atoms with van der Waals surface area (Å²) in [5.74, 6) is 0. The van der Waals surface area contributed by atoms with Gasteiger partial charge in [-0.25, -0.2) is 0 Å². The second kappa shape index (κ2) is 6.46.